The third-order valence-corrected chi connectivity index (χ3v) is 1.63. The summed E-state index contributed by atoms with van der Waals surface area (Å²) in [5.74, 6) is 0.726. The second-order valence-corrected chi connectivity index (χ2v) is 3.34. The third kappa shape index (κ3) is 3.04. The monoisotopic (exact) mass is 197 g/mol. The van der Waals surface area contributed by atoms with Crippen molar-refractivity contribution in [2.75, 3.05) is 0 Å². The van der Waals surface area contributed by atoms with Gasteiger partial charge in [-0.3, -0.25) is 0 Å². The Bertz CT molecular complexity index is 306. The number of nitrogens with zero attached hydrogens (tertiary/aromatic N) is 3. The lowest BCUT2D eigenvalue weighted by atomic mass is 10.4. The first-order valence-corrected chi connectivity index (χ1v) is 4.47. The maximum atomic E-state index is 11.2. The molecule has 1 aromatic heterocycles. The van der Waals surface area contributed by atoms with Crippen LogP contribution in [-0.2, 0) is 13.6 Å². The molecule has 78 valence electrons. The molecule has 0 aliphatic heterocycles. The summed E-state index contributed by atoms with van der Waals surface area (Å²) in [6.07, 6.45) is 1.59. The number of carbonyl (C=O) groups is 1. The van der Waals surface area contributed by atoms with Crippen molar-refractivity contribution in [1.82, 2.24) is 25.4 Å². The summed E-state index contributed by atoms with van der Waals surface area (Å²) < 4.78 is 1.76. The van der Waals surface area contributed by atoms with Crippen LogP contribution in [0.2, 0.25) is 0 Å². The molecular formula is C8H15N5O. The lowest BCUT2D eigenvalue weighted by molar-refractivity contribution is 0.238. The summed E-state index contributed by atoms with van der Waals surface area (Å²) in [5, 5.41) is 12.9. The molecule has 2 amide bonds. The van der Waals surface area contributed by atoms with Gasteiger partial charge in [-0.1, -0.05) is 0 Å². The van der Waals surface area contributed by atoms with Crippen LogP contribution in [-0.4, -0.2) is 26.8 Å². The maximum absolute atomic E-state index is 11.2. The first-order valence-electron chi connectivity index (χ1n) is 4.47. The largest absolute Gasteiger partial charge is 0.336 e. The number of hydrogen-bond acceptors (Lipinski definition) is 3. The smallest absolute Gasteiger partial charge is 0.315 e. The molecule has 6 nitrogen and oxygen atoms in total. The SMILES string of the molecule is CC(C)NC(=O)NCc1nncn1C. The standard InChI is InChI=1S/C8H15N5O/c1-6(2)11-8(14)9-4-7-12-10-5-13(7)3/h5-6H,4H2,1-3H3,(H2,9,11,14). The minimum atomic E-state index is -0.192. The third-order valence-electron chi connectivity index (χ3n) is 1.63. The second kappa shape index (κ2) is 4.59. The van der Waals surface area contributed by atoms with Gasteiger partial charge in [0, 0.05) is 13.1 Å². The Morgan fingerprint density at radius 3 is 2.86 bits per heavy atom. The van der Waals surface area contributed by atoms with Crippen LogP contribution in [0.4, 0.5) is 4.79 Å². The van der Waals surface area contributed by atoms with E-state index < -0.39 is 0 Å². The van der Waals surface area contributed by atoms with Gasteiger partial charge in [-0.05, 0) is 13.8 Å². The Hall–Kier alpha value is -1.59. The van der Waals surface area contributed by atoms with Gasteiger partial charge < -0.3 is 15.2 Å². The molecule has 6 heteroatoms. The highest BCUT2D eigenvalue weighted by atomic mass is 16.2. The number of urea groups is 1. The molecule has 2 N–H and O–H groups in total. The molecule has 0 aliphatic carbocycles. The van der Waals surface area contributed by atoms with Gasteiger partial charge in [-0.25, -0.2) is 4.79 Å². The molecule has 0 spiro atoms. The van der Waals surface area contributed by atoms with Gasteiger partial charge in [0.15, 0.2) is 5.82 Å². The number of amides is 2. The predicted molar refractivity (Wildman–Crippen MR) is 51.5 cm³/mol. The van der Waals surface area contributed by atoms with Crippen LogP contribution >= 0.6 is 0 Å². The Labute approximate surface area is 82.7 Å². The van der Waals surface area contributed by atoms with Crippen molar-refractivity contribution in [3.05, 3.63) is 12.2 Å². The van der Waals surface area contributed by atoms with Crippen molar-refractivity contribution in [2.45, 2.75) is 26.4 Å². The summed E-state index contributed by atoms with van der Waals surface area (Å²) in [5.41, 5.74) is 0. The van der Waals surface area contributed by atoms with Gasteiger partial charge in [-0.2, -0.15) is 0 Å². The van der Waals surface area contributed by atoms with E-state index in [2.05, 4.69) is 20.8 Å². The number of aryl methyl sites for hydroxylation is 1. The highest BCUT2D eigenvalue weighted by Crippen LogP contribution is 1.89. The van der Waals surface area contributed by atoms with Gasteiger partial charge in [0.2, 0.25) is 0 Å². The maximum Gasteiger partial charge on any atom is 0.315 e. The van der Waals surface area contributed by atoms with Gasteiger partial charge >= 0.3 is 6.03 Å². The summed E-state index contributed by atoms with van der Waals surface area (Å²) in [4.78, 5) is 11.2. The van der Waals surface area contributed by atoms with Crippen molar-refractivity contribution >= 4 is 6.03 Å². The summed E-state index contributed by atoms with van der Waals surface area (Å²) >= 11 is 0. The molecule has 0 aromatic carbocycles. The Morgan fingerprint density at radius 1 is 1.64 bits per heavy atom. The number of carbonyl (C=O) groups excluding carboxylic acids is 1. The van der Waals surface area contributed by atoms with Crippen LogP contribution in [0.3, 0.4) is 0 Å². The van der Waals surface area contributed by atoms with Crippen LogP contribution in [0.1, 0.15) is 19.7 Å². The molecule has 0 atom stereocenters. The molecule has 1 aromatic rings. The van der Waals surface area contributed by atoms with E-state index in [1.54, 1.807) is 10.9 Å². The molecule has 0 saturated carbocycles. The zero-order valence-electron chi connectivity index (χ0n) is 8.61. The van der Waals surface area contributed by atoms with E-state index in [1.165, 1.54) is 0 Å². The molecule has 0 radical (unpaired) electrons. The fraction of sp³-hybridized carbons (Fsp3) is 0.625. The molecule has 0 unspecified atom stereocenters. The molecule has 0 fully saturated rings. The van der Waals surface area contributed by atoms with Crippen LogP contribution in [0.25, 0.3) is 0 Å². The molecule has 14 heavy (non-hydrogen) atoms. The molecular weight excluding hydrogens is 182 g/mol. The second-order valence-electron chi connectivity index (χ2n) is 3.34. The number of nitrogens with one attached hydrogen (secondary N) is 2. The van der Waals surface area contributed by atoms with E-state index in [0.717, 1.165) is 5.82 Å². The fourth-order valence-corrected chi connectivity index (χ4v) is 0.940. The van der Waals surface area contributed by atoms with E-state index in [9.17, 15) is 4.79 Å². The highest BCUT2D eigenvalue weighted by molar-refractivity contribution is 5.73. The van der Waals surface area contributed by atoms with Crippen LogP contribution in [0, 0.1) is 0 Å². The average molecular weight is 197 g/mol. The van der Waals surface area contributed by atoms with Crippen LogP contribution in [0.5, 0.6) is 0 Å². The highest BCUT2D eigenvalue weighted by Gasteiger charge is 2.04. The molecule has 0 bridgehead atoms. The first-order chi connectivity index (χ1) is 6.59. The fourth-order valence-electron chi connectivity index (χ4n) is 0.940. The van der Waals surface area contributed by atoms with Crippen molar-refractivity contribution in [3.63, 3.8) is 0 Å². The zero-order valence-corrected chi connectivity index (χ0v) is 8.61. The molecule has 1 rings (SSSR count). The van der Waals surface area contributed by atoms with Crippen molar-refractivity contribution in [3.8, 4) is 0 Å². The number of aromatic nitrogens is 3. The summed E-state index contributed by atoms with van der Waals surface area (Å²) in [7, 11) is 1.83. The van der Waals surface area contributed by atoms with E-state index in [1.807, 2.05) is 20.9 Å². The van der Waals surface area contributed by atoms with Gasteiger partial charge in [0.05, 0.1) is 6.54 Å². The average Bonchev–Trinajstić information content (AvgIpc) is 2.46. The number of rotatable bonds is 3. The Morgan fingerprint density at radius 2 is 2.36 bits per heavy atom. The molecule has 1 heterocycles. The Kier molecular flexibility index (Phi) is 3.44. The van der Waals surface area contributed by atoms with Crippen molar-refractivity contribution < 1.29 is 4.79 Å². The summed E-state index contributed by atoms with van der Waals surface area (Å²) in [6, 6.07) is -0.0579. The predicted octanol–water partition coefficient (Wildman–Crippen LogP) is 0.0227. The van der Waals surface area contributed by atoms with Gasteiger partial charge in [-0.15, -0.1) is 10.2 Å². The lowest BCUT2D eigenvalue weighted by Crippen LogP contribution is -2.39. The lowest BCUT2D eigenvalue weighted by Gasteiger charge is -2.09. The van der Waals surface area contributed by atoms with Crippen molar-refractivity contribution in [1.29, 1.82) is 0 Å². The van der Waals surface area contributed by atoms with Crippen LogP contribution in [0.15, 0.2) is 6.33 Å². The first kappa shape index (κ1) is 10.5. The van der Waals surface area contributed by atoms with E-state index in [4.69, 9.17) is 0 Å². The minimum Gasteiger partial charge on any atom is -0.336 e. The van der Waals surface area contributed by atoms with Gasteiger partial charge in [0.25, 0.3) is 0 Å². The van der Waals surface area contributed by atoms with Crippen LogP contribution < -0.4 is 10.6 Å². The van der Waals surface area contributed by atoms with E-state index in [0.29, 0.717) is 6.54 Å². The van der Waals surface area contributed by atoms with Crippen molar-refractivity contribution in [2.24, 2.45) is 7.05 Å². The molecule has 0 aliphatic rings. The zero-order chi connectivity index (χ0) is 10.6. The Balaban J connectivity index is 2.34. The normalized spacial score (nSPS) is 10.3. The summed E-state index contributed by atoms with van der Waals surface area (Å²) in [6.45, 7) is 4.19. The van der Waals surface area contributed by atoms with E-state index in [-0.39, 0.29) is 12.1 Å². The quantitative estimate of drug-likeness (QED) is 0.717. The topological polar surface area (TPSA) is 71.8 Å². The molecule has 0 saturated heterocycles. The number of hydrogen-bond donors (Lipinski definition) is 2. The van der Waals surface area contributed by atoms with E-state index >= 15 is 0 Å². The van der Waals surface area contributed by atoms with Gasteiger partial charge in [0.1, 0.15) is 6.33 Å². The minimum absolute atomic E-state index is 0.134.